The average molecular weight is 320 g/mol. The maximum Gasteiger partial charge on any atom is 0.407 e. The summed E-state index contributed by atoms with van der Waals surface area (Å²) in [5.41, 5.74) is 1.41. The van der Waals surface area contributed by atoms with Crippen molar-refractivity contribution >= 4 is 17.4 Å². The Kier molecular flexibility index (Phi) is 4.42. The zero-order chi connectivity index (χ0) is 16.5. The molecular weight excluding hydrogens is 300 g/mol. The van der Waals surface area contributed by atoms with Crippen molar-refractivity contribution in [3.8, 4) is 17.0 Å². The van der Waals surface area contributed by atoms with Gasteiger partial charge in [-0.3, -0.25) is 0 Å². The van der Waals surface area contributed by atoms with Crippen LogP contribution in [-0.4, -0.2) is 33.2 Å². The van der Waals surface area contributed by atoms with Gasteiger partial charge in [0.1, 0.15) is 10.8 Å². The van der Waals surface area contributed by atoms with Gasteiger partial charge in [-0.2, -0.15) is 0 Å². The topological polar surface area (TPSA) is 73.7 Å². The molecule has 0 spiro atoms. The molecule has 0 radical (unpaired) electrons. The van der Waals surface area contributed by atoms with Crippen LogP contribution in [0.2, 0.25) is 0 Å². The Morgan fingerprint density at radius 1 is 1.27 bits per heavy atom. The molecule has 1 aromatic carbocycles. The number of benzene rings is 1. The summed E-state index contributed by atoms with van der Waals surface area (Å²) in [4.78, 5) is 17.3. The van der Waals surface area contributed by atoms with Crippen molar-refractivity contribution in [3.05, 3.63) is 34.7 Å². The molecule has 1 aromatic heterocycles. The fraction of sp³-hybridized carbons (Fsp3) is 0.375. The smallest absolute Gasteiger partial charge is 0.407 e. The molecule has 5 nitrogen and oxygen atoms in total. The van der Waals surface area contributed by atoms with E-state index in [9.17, 15) is 15.0 Å². The molecular formula is C16H20N2O3S. The number of phenols is 1. The maximum absolute atomic E-state index is 11.3. The van der Waals surface area contributed by atoms with Gasteiger partial charge in [0.05, 0.1) is 11.7 Å². The number of carboxylic acid groups (broad SMARTS) is 1. The van der Waals surface area contributed by atoms with Gasteiger partial charge < -0.3 is 15.1 Å². The van der Waals surface area contributed by atoms with Crippen LogP contribution in [0.1, 0.15) is 31.8 Å². The highest BCUT2D eigenvalue weighted by Crippen LogP contribution is 2.39. The van der Waals surface area contributed by atoms with E-state index < -0.39 is 6.09 Å². The third-order valence-corrected chi connectivity index (χ3v) is 4.33. The van der Waals surface area contributed by atoms with Gasteiger partial charge in [0.15, 0.2) is 0 Å². The summed E-state index contributed by atoms with van der Waals surface area (Å²) < 4.78 is 0. The standard InChI is InChI=1S/C16H20N2O3S/c1-16(2,3)13(18(4)15(20)21)14-17-12(9-22-14)10-5-7-11(19)8-6-10/h5-9,13,19H,1-4H3,(H,20,21). The van der Waals surface area contributed by atoms with E-state index in [0.717, 1.165) is 16.3 Å². The Balaban J connectivity index is 2.38. The maximum atomic E-state index is 11.3. The van der Waals surface area contributed by atoms with Crippen LogP contribution in [0, 0.1) is 5.41 Å². The molecule has 1 amide bonds. The Hall–Kier alpha value is -2.08. The summed E-state index contributed by atoms with van der Waals surface area (Å²) in [5.74, 6) is 0.206. The Morgan fingerprint density at radius 3 is 2.36 bits per heavy atom. The van der Waals surface area contributed by atoms with Crippen molar-refractivity contribution in [1.29, 1.82) is 0 Å². The second-order valence-electron chi connectivity index (χ2n) is 6.28. The van der Waals surface area contributed by atoms with E-state index >= 15 is 0 Å². The Bertz CT molecular complexity index is 659. The lowest BCUT2D eigenvalue weighted by molar-refractivity contribution is 0.0985. The summed E-state index contributed by atoms with van der Waals surface area (Å²) in [5, 5.41) is 21.3. The lowest BCUT2D eigenvalue weighted by atomic mass is 9.86. The van der Waals surface area contributed by atoms with Crippen molar-refractivity contribution in [2.45, 2.75) is 26.8 Å². The van der Waals surface area contributed by atoms with Gasteiger partial charge in [-0.25, -0.2) is 9.78 Å². The quantitative estimate of drug-likeness (QED) is 0.888. The number of aromatic hydroxyl groups is 1. The largest absolute Gasteiger partial charge is 0.508 e. The van der Waals surface area contributed by atoms with Crippen LogP contribution in [-0.2, 0) is 0 Å². The third kappa shape index (κ3) is 3.39. The summed E-state index contributed by atoms with van der Waals surface area (Å²) in [6.07, 6.45) is -0.971. The van der Waals surface area contributed by atoms with E-state index in [1.165, 1.54) is 16.2 Å². The van der Waals surface area contributed by atoms with E-state index in [-0.39, 0.29) is 17.2 Å². The highest BCUT2D eigenvalue weighted by Gasteiger charge is 2.34. The first-order chi connectivity index (χ1) is 10.2. The number of aromatic nitrogens is 1. The van der Waals surface area contributed by atoms with Crippen LogP contribution < -0.4 is 0 Å². The van der Waals surface area contributed by atoms with Crippen LogP contribution in [0.15, 0.2) is 29.6 Å². The Labute approximate surface area is 133 Å². The molecule has 0 saturated carbocycles. The molecule has 0 bridgehead atoms. The fourth-order valence-electron chi connectivity index (χ4n) is 2.41. The first kappa shape index (κ1) is 16.3. The van der Waals surface area contributed by atoms with Gasteiger partial charge in [0.2, 0.25) is 0 Å². The van der Waals surface area contributed by atoms with Crippen molar-refractivity contribution in [1.82, 2.24) is 9.88 Å². The SMILES string of the molecule is CN(C(=O)O)C(c1nc(-c2ccc(O)cc2)cs1)C(C)(C)C. The molecule has 0 aliphatic rings. The molecule has 22 heavy (non-hydrogen) atoms. The fourth-order valence-corrected chi connectivity index (χ4v) is 3.62. The molecule has 118 valence electrons. The second kappa shape index (κ2) is 5.96. The summed E-state index contributed by atoms with van der Waals surface area (Å²) in [7, 11) is 1.57. The highest BCUT2D eigenvalue weighted by molar-refractivity contribution is 7.10. The van der Waals surface area contributed by atoms with E-state index in [2.05, 4.69) is 4.98 Å². The third-order valence-electron chi connectivity index (χ3n) is 3.43. The van der Waals surface area contributed by atoms with Crippen LogP contribution >= 0.6 is 11.3 Å². The molecule has 1 unspecified atom stereocenters. The number of hydrogen-bond acceptors (Lipinski definition) is 4. The minimum atomic E-state index is -0.971. The molecule has 1 atom stereocenters. The normalized spacial score (nSPS) is 12.9. The molecule has 0 saturated heterocycles. The lowest BCUT2D eigenvalue weighted by Gasteiger charge is -2.34. The predicted molar refractivity (Wildman–Crippen MR) is 87.2 cm³/mol. The molecule has 1 heterocycles. The molecule has 0 aliphatic heterocycles. The summed E-state index contributed by atoms with van der Waals surface area (Å²) >= 11 is 1.45. The van der Waals surface area contributed by atoms with Crippen LogP contribution in [0.4, 0.5) is 4.79 Å². The van der Waals surface area contributed by atoms with Gasteiger partial charge in [-0.15, -0.1) is 11.3 Å². The predicted octanol–water partition coefficient (Wildman–Crippen LogP) is 4.21. The second-order valence-corrected chi connectivity index (χ2v) is 7.17. The van der Waals surface area contributed by atoms with E-state index in [0.29, 0.717) is 0 Å². The number of nitrogens with zero attached hydrogens (tertiary/aromatic N) is 2. The van der Waals surface area contributed by atoms with Crippen molar-refractivity contribution < 1.29 is 15.0 Å². The minimum Gasteiger partial charge on any atom is -0.508 e. The van der Waals surface area contributed by atoms with Crippen molar-refractivity contribution in [2.24, 2.45) is 5.41 Å². The Morgan fingerprint density at radius 2 is 1.86 bits per heavy atom. The number of amides is 1. The van der Waals surface area contributed by atoms with Crippen LogP contribution in [0.25, 0.3) is 11.3 Å². The minimum absolute atomic E-state index is 0.206. The highest BCUT2D eigenvalue weighted by atomic mass is 32.1. The number of carbonyl (C=O) groups is 1. The van der Waals surface area contributed by atoms with E-state index in [1.807, 2.05) is 26.2 Å². The monoisotopic (exact) mass is 320 g/mol. The van der Waals surface area contributed by atoms with Gasteiger partial charge in [0.25, 0.3) is 0 Å². The molecule has 2 N–H and O–H groups in total. The van der Waals surface area contributed by atoms with Gasteiger partial charge in [0, 0.05) is 18.0 Å². The van der Waals surface area contributed by atoms with Crippen molar-refractivity contribution in [2.75, 3.05) is 7.05 Å². The summed E-state index contributed by atoms with van der Waals surface area (Å²) in [6.45, 7) is 6.00. The summed E-state index contributed by atoms with van der Waals surface area (Å²) in [6, 6.07) is 6.49. The first-order valence-electron chi connectivity index (χ1n) is 6.90. The molecule has 0 fully saturated rings. The lowest BCUT2D eigenvalue weighted by Crippen LogP contribution is -2.37. The zero-order valence-corrected chi connectivity index (χ0v) is 13.9. The number of thiazole rings is 1. The molecule has 2 aromatic rings. The number of phenolic OH excluding ortho intramolecular Hbond substituents is 1. The molecule has 2 rings (SSSR count). The van der Waals surface area contributed by atoms with E-state index in [1.54, 1.807) is 31.3 Å². The van der Waals surface area contributed by atoms with Gasteiger partial charge in [-0.05, 0) is 29.7 Å². The van der Waals surface area contributed by atoms with Gasteiger partial charge in [-0.1, -0.05) is 20.8 Å². The van der Waals surface area contributed by atoms with E-state index in [4.69, 9.17) is 0 Å². The number of hydrogen-bond donors (Lipinski definition) is 2. The first-order valence-corrected chi connectivity index (χ1v) is 7.78. The number of rotatable bonds is 3. The van der Waals surface area contributed by atoms with Crippen molar-refractivity contribution in [3.63, 3.8) is 0 Å². The zero-order valence-electron chi connectivity index (χ0n) is 13.1. The average Bonchev–Trinajstić information content (AvgIpc) is 2.87. The van der Waals surface area contributed by atoms with Crippen LogP contribution in [0.3, 0.4) is 0 Å². The molecule has 6 heteroatoms. The van der Waals surface area contributed by atoms with Crippen LogP contribution in [0.5, 0.6) is 5.75 Å². The molecule has 0 aliphatic carbocycles. The van der Waals surface area contributed by atoms with Gasteiger partial charge >= 0.3 is 6.09 Å².